The maximum atomic E-state index is 12.6. The van der Waals surface area contributed by atoms with E-state index in [4.69, 9.17) is 4.74 Å². The van der Waals surface area contributed by atoms with Crippen LogP contribution in [0.2, 0.25) is 0 Å². The molecule has 0 radical (unpaired) electrons. The average molecular weight is 348 g/mol. The number of rotatable bonds is 4. The molecule has 2 atom stereocenters. The molecule has 0 bridgehead atoms. The summed E-state index contributed by atoms with van der Waals surface area (Å²) in [6, 6.07) is 17.8. The normalized spacial score (nSPS) is 14.2. The Morgan fingerprint density at radius 3 is 2.00 bits per heavy atom. The highest BCUT2D eigenvalue weighted by molar-refractivity contribution is 6.03. The molecule has 1 N–H and O–H groups in total. The summed E-state index contributed by atoms with van der Waals surface area (Å²) >= 11 is 0. The number of carbonyl (C=O) groups is 1. The van der Waals surface area contributed by atoms with E-state index in [1.165, 1.54) is 6.08 Å². The minimum atomic E-state index is -1.04. The van der Waals surface area contributed by atoms with Crippen molar-refractivity contribution in [2.24, 2.45) is 5.92 Å². The van der Waals surface area contributed by atoms with E-state index in [2.05, 4.69) is 12.6 Å². The van der Waals surface area contributed by atoms with E-state index in [1.807, 2.05) is 69.3 Å². The summed E-state index contributed by atoms with van der Waals surface area (Å²) < 4.78 is 5.49. The molecule has 0 spiro atoms. The second kappa shape index (κ2) is 6.93. The van der Waals surface area contributed by atoms with Crippen LogP contribution < -0.4 is 0 Å². The Morgan fingerprint density at radius 1 is 1.04 bits per heavy atom. The van der Waals surface area contributed by atoms with Crippen molar-refractivity contribution < 1.29 is 14.6 Å². The van der Waals surface area contributed by atoms with E-state index in [1.54, 1.807) is 0 Å². The lowest BCUT2D eigenvalue weighted by Gasteiger charge is -2.26. The third-order valence-electron chi connectivity index (χ3n) is 4.38. The Hall–Kier alpha value is -2.65. The highest BCUT2D eigenvalue weighted by Gasteiger charge is 2.31. The lowest BCUT2D eigenvalue weighted by Crippen LogP contribution is -2.31. The van der Waals surface area contributed by atoms with Gasteiger partial charge in [0.1, 0.15) is 11.5 Å². The van der Waals surface area contributed by atoms with Crippen LogP contribution in [0, 0.1) is 5.92 Å². The van der Waals surface area contributed by atoms with Gasteiger partial charge in [-0.05, 0) is 53.9 Å². The second-order valence-electron chi connectivity index (χ2n) is 7.47. The van der Waals surface area contributed by atoms with Gasteiger partial charge in [0.2, 0.25) is 0 Å². The predicted octanol–water partition coefficient (Wildman–Crippen LogP) is 5.17. The lowest BCUT2D eigenvalue weighted by molar-refractivity contribution is -0.161. The first-order chi connectivity index (χ1) is 12.3. The number of fused-ring (bicyclic) bond motifs is 2. The standard InChI is InChI=1S/C23H24O3/c1-5-17(22(25)26-23(2,3)4)21(24)20-18-12-8-6-10-15(18)14-16-11-7-9-13-19(16)20/h5-14,17,21,24H,1H2,2-4H3/t17-,21+/m1/s1. The molecule has 3 aromatic rings. The van der Waals surface area contributed by atoms with E-state index in [9.17, 15) is 9.90 Å². The van der Waals surface area contributed by atoms with Crippen LogP contribution in [0.1, 0.15) is 32.4 Å². The van der Waals surface area contributed by atoms with Gasteiger partial charge in [0.25, 0.3) is 0 Å². The number of hydrogen-bond donors (Lipinski definition) is 1. The number of hydrogen-bond acceptors (Lipinski definition) is 3. The maximum absolute atomic E-state index is 12.6. The summed E-state index contributed by atoms with van der Waals surface area (Å²) in [5, 5.41) is 15.1. The van der Waals surface area contributed by atoms with Crippen LogP contribution in [0.25, 0.3) is 21.5 Å². The number of ether oxygens (including phenoxy) is 1. The Kier molecular flexibility index (Phi) is 4.84. The molecule has 26 heavy (non-hydrogen) atoms. The topological polar surface area (TPSA) is 46.5 Å². The average Bonchev–Trinajstić information content (AvgIpc) is 2.58. The molecular weight excluding hydrogens is 324 g/mol. The molecule has 134 valence electrons. The molecule has 0 aliphatic rings. The van der Waals surface area contributed by atoms with Crippen molar-refractivity contribution in [2.75, 3.05) is 0 Å². The van der Waals surface area contributed by atoms with Crippen molar-refractivity contribution in [1.82, 2.24) is 0 Å². The van der Waals surface area contributed by atoms with Crippen LogP contribution in [-0.4, -0.2) is 16.7 Å². The largest absolute Gasteiger partial charge is 0.459 e. The van der Waals surface area contributed by atoms with Gasteiger partial charge in [0.05, 0.1) is 6.10 Å². The van der Waals surface area contributed by atoms with Crippen molar-refractivity contribution in [3.05, 3.63) is 72.8 Å². The zero-order valence-electron chi connectivity index (χ0n) is 15.4. The molecule has 0 aliphatic heterocycles. The number of benzene rings is 3. The molecule has 0 fully saturated rings. The van der Waals surface area contributed by atoms with Gasteiger partial charge in [-0.1, -0.05) is 54.6 Å². The predicted molar refractivity (Wildman–Crippen MR) is 106 cm³/mol. The van der Waals surface area contributed by atoms with Gasteiger partial charge in [-0.15, -0.1) is 6.58 Å². The second-order valence-corrected chi connectivity index (χ2v) is 7.47. The molecule has 3 nitrogen and oxygen atoms in total. The Labute approximate surface area is 153 Å². The van der Waals surface area contributed by atoms with Gasteiger partial charge in [-0.3, -0.25) is 4.79 Å². The molecule has 0 saturated carbocycles. The molecule has 0 unspecified atom stereocenters. The van der Waals surface area contributed by atoms with Gasteiger partial charge in [-0.2, -0.15) is 0 Å². The van der Waals surface area contributed by atoms with Crippen molar-refractivity contribution in [2.45, 2.75) is 32.5 Å². The molecular formula is C23H24O3. The van der Waals surface area contributed by atoms with Crippen LogP contribution in [0.4, 0.5) is 0 Å². The minimum Gasteiger partial charge on any atom is -0.459 e. The van der Waals surface area contributed by atoms with E-state index in [-0.39, 0.29) is 0 Å². The monoisotopic (exact) mass is 348 g/mol. The highest BCUT2D eigenvalue weighted by Crippen LogP contribution is 2.37. The Balaban J connectivity index is 2.18. The van der Waals surface area contributed by atoms with E-state index >= 15 is 0 Å². The fraction of sp³-hybridized carbons (Fsp3) is 0.261. The van der Waals surface area contributed by atoms with E-state index in [0.29, 0.717) is 0 Å². The van der Waals surface area contributed by atoms with Gasteiger partial charge in [0.15, 0.2) is 0 Å². The quantitative estimate of drug-likeness (QED) is 0.402. The van der Waals surface area contributed by atoms with Crippen LogP contribution in [0.15, 0.2) is 67.3 Å². The molecule has 3 aromatic carbocycles. The summed E-state index contributed by atoms with van der Waals surface area (Å²) in [6.07, 6.45) is 0.424. The van der Waals surface area contributed by atoms with E-state index < -0.39 is 23.6 Å². The summed E-state index contributed by atoms with van der Waals surface area (Å²) in [4.78, 5) is 12.6. The van der Waals surface area contributed by atoms with Crippen LogP contribution in [0.5, 0.6) is 0 Å². The van der Waals surface area contributed by atoms with Crippen molar-refractivity contribution in [1.29, 1.82) is 0 Å². The Morgan fingerprint density at radius 2 is 1.54 bits per heavy atom. The smallest absolute Gasteiger partial charge is 0.316 e. The number of aliphatic hydroxyl groups is 1. The van der Waals surface area contributed by atoms with Crippen LogP contribution >= 0.6 is 0 Å². The van der Waals surface area contributed by atoms with Crippen molar-refractivity contribution in [3.63, 3.8) is 0 Å². The van der Waals surface area contributed by atoms with Crippen molar-refractivity contribution in [3.8, 4) is 0 Å². The highest BCUT2D eigenvalue weighted by atomic mass is 16.6. The first-order valence-corrected chi connectivity index (χ1v) is 8.75. The summed E-state index contributed by atoms with van der Waals surface area (Å²) in [5.41, 5.74) is 0.105. The van der Waals surface area contributed by atoms with Gasteiger partial charge in [-0.25, -0.2) is 0 Å². The molecule has 0 saturated heterocycles. The van der Waals surface area contributed by atoms with E-state index in [0.717, 1.165) is 27.1 Å². The molecule has 0 aliphatic carbocycles. The van der Waals surface area contributed by atoms with Crippen molar-refractivity contribution >= 4 is 27.5 Å². The number of aliphatic hydroxyl groups excluding tert-OH is 1. The zero-order valence-corrected chi connectivity index (χ0v) is 15.4. The van der Waals surface area contributed by atoms with Gasteiger partial charge < -0.3 is 9.84 Å². The zero-order chi connectivity index (χ0) is 18.9. The van der Waals surface area contributed by atoms with Crippen LogP contribution in [-0.2, 0) is 9.53 Å². The fourth-order valence-corrected chi connectivity index (χ4v) is 3.27. The third-order valence-corrected chi connectivity index (χ3v) is 4.38. The van der Waals surface area contributed by atoms with Gasteiger partial charge >= 0.3 is 5.97 Å². The molecule has 0 aromatic heterocycles. The molecule has 0 amide bonds. The SMILES string of the molecule is C=C[C@@H](C(=O)OC(C)(C)C)[C@H](O)c1c2ccccc2cc2ccccc12. The lowest BCUT2D eigenvalue weighted by atomic mass is 9.87. The number of esters is 1. The fourth-order valence-electron chi connectivity index (χ4n) is 3.27. The summed E-state index contributed by atoms with van der Waals surface area (Å²) in [7, 11) is 0. The minimum absolute atomic E-state index is 0.475. The summed E-state index contributed by atoms with van der Waals surface area (Å²) in [6.45, 7) is 9.19. The first kappa shape index (κ1) is 18.2. The summed E-state index contributed by atoms with van der Waals surface area (Å²) in [5.74, 6) is -1.32. The maximum Gasteiger partial charge on any atom is 0.316 e. The molecule has 0 heterocycles. The molecule has 3 heteroatoms. The van der Waals surface area contributed by atoms with Crippen LogP contribution in [0.3, 0.4) is 0 Å². The first-order valence-electron chi connectivity index (χ1n) is 8.75. The third kappa shape index (κ3) is 3.49. The van der Waals surface area contributed by atoms with Gasteiger partial charge in [0, 0.05) is 0 Å². The molecule has 3 rings (SSSR count). The number of carbonyl (C=O) groups excluding carboxylic acids is 1. The Bertz CT molecular complexity index is 912.